The number of nitrogens with one attached hydrogen (secondary N) is 2. The second-order valence-electron chi connectivity index (χ2n) is 6.70. The number of benzene rings is 1. The molecule has 1 aliphatic carbocycles. The Balaban J connectivity index is 1.84. The van der Waals surface area contributed by atoms with Crippen LogP contribution in [-0.4, -0.2) is 43.8 Å². The Morgan fingerprint density at radius 1 is 1.21 bits per heavy atom. The molecular formula is C21H28N2O6. The largest absolute Gasteiger partial charge is 0.493 e. The van der Waals surface area contributed by atoms with Crippen molar-refractivity contribution in [2.75, 3.05) is 13.7 Å². The van der Waals surface area contributed by atoms with Crippen molar-refractivity contribution in [3.8, 4) is 11.5 Å². The van der Waals surface area contributed by atoms with Crippen molar-refractivity contribution in [3.05, 3.63) is 29.8 Å². The second-order valence-corrected chi connectivity index (χ2v) is 6.70. The number of hydrogen-bond donors (Lipinski definition) is 2. The minimum atomic E-state index is -1.10. The first-order valence-electron chi connectivity index (χ1n) is 9.73. The quantitative estimate of drug-likeness (QED) is 0.510. The lowest BCUT2D eigenvalue weighted by molar-refractivity contribution is -0.149. The predicted octanol–water partition coefficient (Wildman–Crippen LogP) is 2.81. The third kappa shape index (κ3) is 7.14. The maximum atomic E-state index is 12.0. The van der Waals surface area contributed by atoms with Crippen LogP contribution in [0.3, 0.4) is 0 Å². The van der Waals surface area contributed by atoms with E-state index >= 15 is 0 Å². The molecule has 0 bridgehead atoms. The molecule has 158 valence electrons. The zero-order chi connectivity index (χ0) is 21.2. The summed E-state index contributed by atoms with van der Waals surface area (Å²) in [6.07, 6.45) is 5.61. The molecule has 0 saturated heterocycles. The second kappa shape index (κ2) is 11.1. The van der Waals surface area contributed by atoms with Crippen LogP contribution in [0.15, 0.2) is 24.3 Å². The van der Waals surface area contributed by atoms with Crippen LogP contribution in [0.4, 0.5) is 4.79 Å². The van der Waals surface area contributed by atoms with Gasteiger partial charge in [-0.15, -0.1) is 0 Å². The minimum Gasteiger partial charge on any atom is -0.493 e. The number of ether oxygens (including phenoxy) is 3. The van der Waals surface area contributed by atoms with Crippen molar-refractivity contribution in [2.45, 2.75) is 51.7 Å². The van der Waals surface area contributed by atoms with E-state index in [1.54, 1.807) is 31.4 Å². The lowest BCUT2D eigenvalue weighted by Gasteiger charge is -2.15. The zero-order valence-electron chi connectivity index (χ0n) is 17.0. The van der Waals surface area contributed by atoms with E-state index in [2.05, 4.69) is 10.6 Å². The summed E-state index contributed by atoms with van der Waals surface area (Å²) in [7, 11) is 1.55. The number of carbonyl (C=O) groups is 3. The first kappa shape index (κ1) is 22.3. The molecule has 0 heterocycles. The maximum absolute atomic E-state index is 12.0. The fourth-order valence-electron chi connectivity index (χ4n) is 3.00. The highest BCUT2D eigenvalue weighted by molar-refractivity contribution is 5.98. The normalized spacial score (nSPS) is 15.0. The molecule has 2 rings (SSSR count). The fourth-order valence-corrected chi connectivity index (χ4v) is 3.00. The van der Waals surface area contributed by atoms with Crippen LogP contribution in [0.5, 0.6) is 11.5 Å². The summed E-state index contributed by atoms with van der Waals surface area (Å²) in [5.74, 6) is -0.220. The first-order chi connectivity index (χ1) is 13.9. The number of amides is 3. The van der Waals surface area contributed by atoms with E-state index in [1.807, 2.05) is 6.92 Å². The molecule has 2 N–H and O–H groups in total. The highest BCUT2D eigenvalue weighted by atomic mass is 16.5. The number of rotatable bonds is 8. The molecule has 1 fully saturated rings. The molecule has 1 saturated carbocycles. The van der Waals surface area contributed by atoms with Gasteiger partial charge in [-0.3, -0.25) is 10.1 Å². The Morgan fingerprint density at radius 2 is 1.93 bits per heavy atom. The van der Waals surface area contributed by atoms with Crippen molar-refractivity contribution in [1.82, 2.24) is 10.6 Å². The molecule has 0 spiro atoms. The van der Waals surface area contributed by atoms with Gasteiger partial charge in [0.05, 0.1) is 13.7 Å². The third-order valence-electron chi connectivity index (χ3n) is 4.49. The monoisotopic (exact) mass is 404 g/mol. The summed E-state index contributed by atoms with van der Waals surface area (Å²) < 4.78 is 15.8. The summed E-state index contributed by atoms with van der Waals surface area (Å²) in [5.41, 5.74) is 0.708. The molecule has 8 nitrogen and oxygen atoms in total. The maximum Gasteiger partial charge on any atom is 0.331 e. The van der Waals surface area contributed by atoms with E-state index in [0.29, 0.717) is 23.7 Å². The zero-order valence-corrected chi connectivity index (χ0v) is 17.0. The SMILES string of the molecule is CCOc1cc(/C=C/C(=O)O[C@@H](C)C(=O)NC(=O)NC2CCCC2)ccc1OC. The van der Waals surface area contributed by atoms with E-state index in [4.69, 9.17) is 14.2 Å². The van der Waals surface area contributed by atoms with Crippen LogP contribution in [-0.2, 0) is 14.3 Å². The summed E-state index contributed by atoms with van der Waals surface area (Å²) in [5, 5.41) is 4.94. The highest BCUT2D eigenvalue weighted by Gasteiger charge is 2.22. The van der Waals surface area contributed by atoms with Gasteiger partial charge < -0.3 is 19.5 Å². The smallest absolute Gasteiger partial charge is 0.331 e. The molecule has 0 radical (unpaired) electrons. The molecule has 1 atom stereocenters. The van der Waals surface area contributed by atoms with Crippen molar-refractivity contribution < 1.29 is 28.6 Å². The van der Waals surface area contributed by atoms with E-state index in [9.17, 15) is 14.4 Å². The number of urea groups is 1. The Kier molecular flexibility index (Phi) is 8.51. The summed E-state index contributed by atoms with van der Waals surface area (Å²) >= 11 is 0. The number of methoxy groups -OCH3 is 1. The Hall–Kier alpha value is -3.03. The van der Waals surface area contributed by atoms with Crippen molar-refractivity contribution in [1.29, 1.82) is 0 Å². The van der Waals surface area contributed by atoms with Crippen LogP contribution < -0.4 is 20.1 Å². The van der Waals surface area contributed by atoms with E-state index in [1.165, 1.54) is 13.0 Å². The van der Waals surface area contributed by atoms with Gasteiger partial charge in [0.15, 0.2) is 17.6 Å². The molecule has 0 unspecified atom stereocenters. The van der Waals surface area contributed by atoms with Gasteiger partial charge in [0.2, 0.25) is 0 Å². The van der Waals surface area contributed by atoms with Crippen molar-refractivity contribution >= 4 is 24.0 Å². The van der Waals surface area contributed by atoms with Gasteiger partial charge >= 0.3 is 12.0 Å². The summed E-state index contributed by atoms with van der Waals surface area (Å²) in [6.45, 7) is 3.75. The molecular weight excluding hydrogens is 376 g/mol. The Labute approximate surface area is 170 Å². The van der Waals surface area contributed by atoms with Gasteiger partial charge in [0.1, 0.15) is 0 Å². The molecule has 1 aliphatic rings. The average Bonchev–Trinajstić information content (AvgIpc) is 3.19. The van der Waals surface area contributed by atoms with Gasteiger partial charge in [0, 0.05) is 12.1 Å². The van der Waals surface area contributed by atoms with Crippen LogP contribution in [0.1, 0.15) is 45.1 Å². The van der Waals surface area contributed by atoms with Gasteiger partial charge in [-0.2, -0.15) is 0 Å². The summed E-state index contributed by atoms with van der Waals surface area (Å²) in [6, 6.07) is 4.75. The van der Waals surface area contributed by atoms with Gasteiger partial charge in [-0.25, -0.2) is 9.59 Å². The van der Waals surface area contributed by atoms with Crippen molar-refractivity contribution in [2.24, 2.45) is 0 Å². The van der Waals surface area contributed by atoms with E-state index in [-0.39, 0.29) is 6.04 Å². The third-order valence-corrected chi connectivity index (χ3v) is 4.49. The average molecular weight is 404 g/mol. The number of esters is 1. The standard InChI is InChI=1S/C21H28N2O6/c1-4-28-18-13-15(9-11-17(18)27-3)10-12-19(24)29-14(2)20(25)23-21(26)22-16-7-5-6-8-16/h9-14,16H,4-8H2,1-3H3,(H2,22,23,25,26)/b12-10+/t14-/m0/s1. The summed E-state index contributed by atoms with van der Waals surface area (Å²) in [4.78, 5) is 35.8. The topological polar surface area (TPSA) is 103 Å². The molecule has 1 aromatic carbocycles. The fraction of sp³-hybridized carbons (Fsp3) is 0.476. The van der Waals surface area contributed by atoms with Gasteiger partial charge in [0.25, 0.3) is 5.91 Å². The Morgan fingerprint density at radius 3 is 2.59 bits per heavy atom. The highest BCUT2D eigenvalue weighted by Crippen LogP contribution is 2.28. The molecule has 29 heavy (non-hydrogen) atoms. The van der Waals surface area contributed by atoms with Crippen LogP contribution in [0.25, 0.3) is 6.08 Å². The first-order valence-corrected chi connectivity index (χ1v) is 9.73. The van der Waals surface area contributed by atoms with E-state index in [0.717, 1.165) is 25.7 Å². The van der Waals surface area contributed by atoms with E-state index < -0.39 is 24.0 Å². The Bertz CT molecular complexity index is 756. The minimum absolute atomic E-state index is 0.0923. The number of imide groups is 1. The number of carbonyl (C=O) groups excluding carboxylic acids is 3. The van der Waals surface area contributed by atoms with Crippen LogP contribution in [0.2, 0.25) is 0 Å². The predicted molar refractivity (Wildman–Crippen MR) is 108 cm³/mol. The van der Waals surface area contributed by atoms with Crippen molar-refractivity contribution in [3.63, 3.8) is 0 Å². The molecule has 0 aliphatic heterocycles. The molecule has 8 heteroatoms. The van der Waals surface area contributed by atoms with Gasteiger partial charge in [-0.1, -0.05) is 18.9 Å². The van der Waals surface area contributed by atoms with Crippen LogP contribution in [0, 0.1) is 0 Å². The lowest BCUT2D eigenvalue weighted by Crippen LogP contribution is -2.47. The van der Waals surface area contributed by atoms with Crippen LogP contribution >= 0.6 is 0 Å². The molecule has 1 aromatic rings. The molecule has 3 amide bonds. The lowest BCUT2D eigenvalue weighted by atomic mass is 10.2. The number of hydrogen-bond acceptors (Lipinski definition) is 6. The molecule has 0 aromatic heterocycles. The van der Waals surface area contributed by atoms with Gasteiger partial charge in [-0.05, 0) is 50.5 Å².